The molecule has 0 spiro atoms. The van der Waals surface area contributed by atoms with Crippen LogP contribution in [0.15, 0.2) is 30.3 Å². The Bertz CT molecular complexity index is 456. The minimum atomic E-state index is -0.466. The molecule has 1 aromatic carbocycles. The molecule has 0 aliphatic heterocycles. The van der Waals surface area contributed by atoms with Gasteiger partial charge in [-0.1, -0.05) is 25.5 Å². The Morgan fingerprint density at radius 2 is 2.05 bits per heavy atom. The first-order valence-electron chi connectivity index (χ1n) is 7.04. The molecule has 0 saturated heterocycles. The lowest BCUT2D eigenvalue weighted by atomic mass is 10.2. The van der Waals surface area contributed by atoms with Crippen LogP contribution >= 0.6 is 0 Å². The topological polar surface area (TPSA) is 35.5 Å². The van der Waals surface area contributed by atoms with E-state index in [2.05, 4.69) is 6.92 Å². The molecule has 0 fully saturated rings. The molecule has 110 valence electrons. The number of benzene rings is 1. The zero-order chi connectivity index (χ0) is 15.0. The highest BCUT2D eigenvalue weighted by Gasteiger charge is 2.13. The van der Waals surface area contributed by atoms with Crippen molar-refractivity contribution in [3.05, 3.63) is 35.9 Å². The molecule has 0 bridgehead atoms. The Hall–Kier alpha value is -1.77. The molecule has 0 atom stereocenters. The van der Waals surface area contributed by atoms with E-state index in [1.54, 1.807) is 6.08 Å². The summed E-state index contributed by atoms with van der Waals surface area (Å²) in [5.41, 5.74) is 0.455. The standard InChI is InChI=1S/C17H24O3/c1-5-6-12-19-15-9-7-8-14(13-15)10-11-16(18)20-17(2,3)4/h7-11,13H,5-6,12H2,1-4H3. The van der Waals surface area contributed by atoms with Crippen molar-refractivity contribution >= 4 is 12.0 Å². The summed E-state index contributed by atoms with van der Waals surface area (Å²) in [6.07, 6.45) is 5.33. The fourth-order valence-electron chi connectivity index (χ4n) is 1.54. The van der Waals surface area contributed by atoms with Gasteiger partial charge in [-0.2, -0.15) is 0 Å². The minimum Gasteiger partial charge on any atom is -0.494 e. The third-order valence-corrected chi connectivity index (χ3v) is 2.44. The highest BCUT2D eigenvalue weighted by Crippen LogP contribution is 2.15. The number of rotatable bonds is 6. The molecule has 1 rings (SSSR count). The maximum Gasteiger partial charge on any atom is 0.331 e. The Kier molecular flexibility index (Phi) is 6.29. The number of ether oxygens (including phenoxy) is 2. The van der Waals surface area contributed by atoms with Crippen molar-refractivity contribution in [2.24, 2.45) is 0 Å². The van der Waals surface area contributed by atoms with Gasteiger partial charge in [0, 0.05) is 6.08 Å². The number of hydrogen-bond acceptors (Lipinski definition) is 3. The molecular formula is C17H24O3. The maximum atomic E-state index is 11.6. The van der Waals surface area contributed by atoms with Crippen LogP contribution < -0.4 is 4.74 Å². The van der Waals surface area contributed by atoms with Crippen LogP contribution in [-0.4, -0.2) is 18.2 Å². The van der Waals surface area contributed by atoms with Gasteiger partial charge in [0.15, 0.2) is 0 Å². The molecule has 1 aromatic rings. The van der Waals surface area contributed by atoms with E-state index in [1.807, 2.05) is 45.0 Å². The largest absolute Gasteiger partial charge is 0.494 e. The van der Waals surface area contributed by atoms with E-state index in [9.17, 15) is 4.79 Å². The van der Waals surface area contributed by atoms with Crippen LogP contribution in [0.25, 0.3) is 6.08 Å². The summed E-state index contributed by atoms with van der Waals surface area (Å²) in [7, 11) is 0. The molecule has 0 aromatic heterocycles. The van der Waals surface area contributed by atoms with Crippen LogP contribution in [-0.2, 0) is 9.53 Å². The third-order valence-electron chi connectivity index (χ3n) is 2.44. The summed E-state index contributed by atoms with van der Waals surface area (Å²) in [5.74, 6) is 0.486. The summed E-state index contributed by atoms with van der Waals surface area (Å²) in [6, 6.07) is 7.67. The Morgan fingerprint density at radius 1 is 1.30 bits per heavy atom. The average Bonchev–Trinajstić information content (AvgIpc) is 2.35. The van der Waals surface area contributed by atoms with Gasteiger partial charge in [0.05, 0.1) is 6.61 Å². The van der Waals surface area contributed by atoms with Gasteiger partial charge in [-0.25, -0.2) is 4.79 Å². The van der Waals surface area contributed by atoms with Crippen molar-refractivity contribution in [2.45, 2.75) is 46.1 Å². The first kappa shape index (κ1) is 16.3. The second kappa shape index (κ2) is 7.73. The summed E-state index contributed by atoms with van der Waals surface area (Å²) in [6.45, 7) is 8.39. The first-order chi connectivity index (χ1) is 9.40. The maximum absolute atomic E-state index is 11.6. The van der Waals surface area contributed by atoms with Crippen LogP contribution in [0.3, 0.4) is 0 Å². The molecule has 0 unspecified atom stereocenters. The van der Waals surface area contributed by atoms with E-state index in [0.29, 0.717) is 0 Å². The monoisotopic (exact) mass is 276 g/mol. The number of unbranched alkanes of at least 4 members (excludes halogenated alkanes) is 1. The lowest BCUT2D eigenvalue weighted by molar-refractivity contribution is -0.148. The summed E-state index contributed by atoms with van der Waals surface area (Å²) in [4.78, 5) is 11.6. The SMILES string of the molecule is CCCCOc1cccc(C=CC(=O)OC(C)(C)C)c1. The van der Waals surface area contributed by atoms with Gasteiger partial charge in [-0.3, -0.25) is 0 Å². The molecule has 0 radical (unpaired) electrons. The number of carbonyl (C=O) groups is 1. The number of hydrogen-bond donors (Lipinski definition) is 0. The van der Waals surface area contributed by atoms with Crippen molar-refractivity contribution < 1.29 is 14.3 Å². The van der Waals surface area contributed by atoms with E-state index in [1.165, 1.54) is 6.08 Å². The highest BCUT2D eigenvalue weighted by molar-refractivity contribution is 5.87. The van der Waals surface area contributed by atoms with Gasteiger partial charge in [-0.15, -0.1) is 0 Å². The second-order valence-electron chi connectivity index (χ2n) is 5.64. The van der Waals surface area contributed by atoms with Gasteiger partial charge in [0.25, 0.3) is 0 Å². The van der Waals surface area contributed by atoms with Crippen molar-refractivity contribution in [1.29, 1.82) is 0 Å². The van der Waals surface area contributed by atoms with Crippen molar-refractivity contribution in [2.75, 3.05) is 6.61 Å². The van der Waals surface area contributed by atoms with Gasteiger partial charge >= 0.3 is 5.97 Å². The van der Waals surface area contributed by atoms with E-state index < -0.39 is 5.60 Å². The van der Waals surface area contributed by atoms with Crippen molar-refractivity contribution in [1.82, 2.24) is 0 Å². The molecule has 3 nitrogen and oxygen atoms in total. The van der Waals surface area contributed by atoms with Gasteiger partial charge in [0.2, 0.25) is 0 Å². The van der Waals surface area contributed by atoms with E-state index >= 15 is 0 Å². The third kappa shape index (κ3) is 6.98. The average molecular weight is 276 g/mol. The molecular weight excluding hydrogens is 252 g/mol. The summed E-state index contributed by atoms with van der Waals surface area (Å²) >= 11 is 0. The quantitative estimate of drug-likeness (QED) is 0.443. The van der Waals surface area contributed by atoms with E-state index in [0.717, 1.165) is 30.8 Å². The molecule has 0 aliphatic carbocycles. The molecule has 0 N–H and O–H groups in total. The fraction of sp³-hybridized carbons (Fsp3) is 0.471. The van der Waals surface area contributed by atoms with E-state index in [-0.39, 0.29) is 5.97 Å². The van der Waals surface area contributed by atoms with Crippen LogP contribution in [0, 0.1) is 0 Å². The lowest BCUT2D eigenvalue weighted by Crippen LogP contribution is -2.22. The predicted octanol–water partition coefficient (Wildman–Crippen LogP) is 4.22. The molecule has 0 amide bonds. The zero-order valence-electron chi connectivity index (χ0n) is 12.8. The minimum absolute atomic E-state index is 0.338. The van der Waals surface area contributed by atoms with Crippen molar-refractivity contribution in [3.63, 3.8) is 0 Å². The molecule has 0 heterocycles. The summed E-state index contributed by atoms with van der Waals surface area (Å²) < 4.78 is 10.8. The van der Waals surface area contributed by atoms with Gasteiger partial charge in [-0.05, 0) is 51.0 Å². The van der Waals surface area contributed by atoms with Crippen LogP contribution in [0.4, 0.5) is 0 Å². The second-order valence-corrected chi connectivity index (χ2v) is 5.64. The molecule has 0 saturated carbocycles. The molecule has 0 aliphatic rings. The highest BCUT2D eigenvalue weighted by atomic mass is 16.6. The van der Waals surface area contributed by atoms with Crippen LogP contribution in [0.2, 0.25) is 0 Å². The smallest absolute Gasteiger partial charge is 0.331 e. The Morgan fingerprint density at radius 3 is 2.70 bits per heavy atom. The van der Waals surface area contributed by atoms with Crippen LogP contribution in [0.5, 0.6) is 5.75 Å². The first-order valence-corrected chi connectivity index (χ1v) is 7.04. The predicted molar refractivity (Wildman–Crippen MR) is 81.7 cm³/mol. The zero-order valence-corrected chi connectivity index (χ0v) is 12.8. The number of esters is 1. The number of carbonyl (C=O) groups excluding carboxylic acids is 1. The Labute approximate surface area is 121 Å². The Balaban J connectivity index is 2.59. The lowest BCUT2D eigenvalue weighted by Gasteiger charge is -2.17. The molecule has 3 heteroatoms. The van der Waals surface area contributed by atoms with Crippen molar-refractivity contribution in [3.8, 4) is 5.75 Å². The molecule has 20 heavy (non-hydrogen) atoms. The van der Waals surface area contributed by atoms with Gasteiger partial charge < -0.3 is 9.47 Å². The summed E-state index contributed by atoms with van der Waals surface area (Å²) in [5, 5.41) is 0. The normalized spacial score (nSPS) is 11.6. The van der Waals surface area contributed by atoms with E-state index in [4.69, 9.17) is 9.47 Å². The van der Waals surface area contributed by atoms with Crippen LogP contribution in [0.1, 0.15) is 46.1 Å². The van der Waals surface area contributed by atoms with Gasteiger partial charge in [0.1, 0.15) is 11.4 Å². The fourth-order valence-corrected chi connectivity index (χ4v) is 1.54.